The summed E-state index contributed by atoms with van der Waals surface area (Å²) in [5.41, 5.74) is 1.40. The molecule has 2 rings (SSSR count). The van der Waals surface area contributed by atoms with Crippen molar-refractivity contribution in [1.29, 1.82) is 0 Å². The summed E-state index contributed by atoms with van der Waals surface area (Å²) in [7, 11) is 0. The van der Waals surface area contributed by atoms with Crippen molar-refractivity contribution in [3.63, 3.8) is 0 Å². The van der Waals surface area contributed by atoms with Crippen LogP contribution < -0.4 is 0 Å². The van der Waals surface area contributed by atoms with Crippen LogP contribution in [0.2, 0.25) is 0 Å². The lowest BCUT2D eigenvalue weighted by Gasteiger charge is -2.21. The molecule has 1 aromatic heterocycles. The quantitative estimate of drug-likeness (QED) is 0.739. The maximum atomic E-state index is 4.51. The summed E-state index contributed by atoms with van der Waals surface area (Å²) in [6.45, 7) is 4.52. The van der Waals surface area contributed by atoms with E-state index >= 15 is 0 Å². The predicted molar refractivity (Wildman–Crippen MR) is 62.9 cm³/mol. The highest BCUT2D eigenvalue weighted by atomic mass is 15.3. The van der Waals surface area contributed by atoms with Gasteiger partial charge in [0.25, 0.3) is 0 Å². The van der Waals surface area contributed by atoms with Crippen molar-refractivity contribution in [3.05, 3.63) is 18.0 Å². The largest absolute Gasteiger partial charge is 0.269 e. The average molecular weight is 206 g/mol. The maximum absolute atomic E-state index is 4.51. The second-order valence-electron chi connectivity index (χ2n) is 5.22. The second-order valence-corrected chi connectivity index (χ2v) is 5.22. The van der Waals surface area contributed by atoms with E-state index < -0.39 is 0 Å². The van der Waals surface area contributed by atoms with Gasteiger partial charge in [-0.2, -0.15) is 5.10 Å². The molecule has 0 bridgehead atoms. The van der Waals surface area contributed by atoms with Crippen LogP contribution in [0.1, 0.15) is 57.6 Å². The molecule has 0 radical (unpaired) electrons. The topological polar surface area (TPSA) is 17.8 Å². The van der Waals surface area contributed by atoms with Crippen LogP contribution in [0.5, 0.6) is 0 Å². The Morgan fingerprint density at radius 2 is 2.07 bits per heavy atom. The highest BCUT2D eigenvalue weighted by Crippen LogP contribution is 2.27. The number of hydrogen-bond donors (Lipinski definition) is 0. The van der Waals surface area contributed by atoms with E-state index in [0.29, 0.717) is 6.04 Å². The van der Waals surface area contributed by atoms with Gasteiger partial charge in [0.1, 0.15) is 0 Å². The molecule has 84 valence electrons. The fraction of sp³-hybridized carbons (Fsp3) is 0.769. The molecule has 0 spiro atoms. The molecule has 0 aliphatic heterocycles. The fourth-order valence-electron chi connectivity index (χ4n) is 2.50. The van der Waals surface area contributed by atoms with E-state index in [2.05, 4.69) is 36.0 Å². The van der Waals surface area contributed by atoms with Gasteiger partial charge in [-0.15, -0.1) is 0 Å². The molecule has 1 saturated carbocycles. The Morgan fingerprint density at radius 3 is 2.73 bits per heavy atom. The van der Waals surface area contributed by atoms with Crippen molar-refractivity contribution in [3.8, 4) is 0 Å². The first-order valence-corrected chi connectivity index (χ1v) is 6.28. The lowest BCUT2D eigenvalue weighted by Crippen LogP contribution is -2.12. The first-order chi connectivity index (χ1) is 7.25. The Hall–Kier alpha value is -0.790. The molecule has 2 heteroatoms. The smallest absolute Gasteiger partial charge is 0.0521 e. The zero-order valence-electron chi connectivity index (χ0n) is 9.95. The lowest BCUT2D eigenvalue weighted by molar-refractivity contribution is 0.329. The standard InChI is InChI=1S/C13H22N2/c1-11(2)8-12-9-14-15(10-12)13-6-4-3-5-7-13/h9-11,13H,3-8H2,1-2H3. The molecule has 1 aliphatic rings. The van der Waals surface area contributed by atoms with Gasteiger partial charge in [-0.1, -0.05) is 33.1 Å². The fourth-order valence-corrected chi connectivity index (χ4v) is 2.50. The van der Waals surface area contributed by atoms with Crippen LogP contribution in [-0.4, -0.2) is 9.78 Å². The molecule has 0 saturated heterocycles. The Bertz CT molecular complexity index is 295. The third kappa shape index (κ3) is 2.83. The Labute approximate surface area is 92.7 Å². The van der Waals surface area contributed by atoms with Gasteiger partial charge in [-0.3, -0.25) is 4.68 Å². The number of nitrogens with zero attached hydrogens (tertiary/aromatic N) is 2. The van der Waals surface area contributed by atoms with Crippen molar-refractivity contribution in [2.24, 2.45) is 5.92 Å². The molecule has 0 aromatic carbocycles. The SMILES string of the molecule is CC(C)Cc1cnn(C2CCCCC2)c1. The van der Waals surface area contributed by atoms with Gasteiger partial charge in [0, 0.05) is 6.20 Å². The van der Waals surface area contributed by atoms with Crippen LogP contribution in [0.25, 0.3) is 0 Å². The van der Waals surface area contributed by atoms with Crippen molar-refractivity contribution < 1.29 is 0 Å². The van der Waals surface area contributed by atoms with Gasteiger partial charge >= 0.3 is 0 Å². The number of rotatable bonds is 3. The van der Waals surface area contributed by atoms with Gasteiger partial charge in [-0.25, -0.2) is 0 Å². The summed E-state index contributed by atoms with van der Waals surface area (Å²) in [6.07, 6.45) is 12.3. The Morgan fingerprint density at radius 1 is 1.33 bits per heavy atom. The molecule has 0 atom stereocenters. The summed E-state index contributed by atoms with van der Waals surface area (Å²) in [6, 6.07) is 0.680. The number of aromatic nitrogens is 2. The molecule has 1 fully saturated rings. The molecule has 2 nitrogen and oxygen atoms in total. The average Bonchev–Trinajstić information content (AvgIpc) is 2.67. The second kappa shape index (κ2) is 4.82. The molecule has 0 amide bonds. The summed E-state index contributed by atoms with van der Waals surface area (Å²) in [4.78, 5) is 0. The van der Waals surface area contributed by atoms with Gasteiger partial charge in [0.15, 0.2) is 0 Å². The summed E-state index contributed by atoms with van der Waals surface area (Å²) in [5, 5.41) is 4.51. The minimum Gasteiger partial charge on any atom is -0.269 e. The molecule has 15 heavy (non-hydrogen) atoms. The monoisotopic (exact) mass is 206 g/mol. The summed E-state index contributed by atoms with van der Waals surface area (Å²) < 4.78 is 2.21. The summed E-state index contributed by atoms with van der Waals surface area (Å²) in [5.74, 6) is 0.731. The van der Waals surface area contributed by atoms with Crippen LogP contribution in [-0.2, 0) is 6.42 Å². The number of hydrogen-bond acceptors (Lipinski definition) is 1. The zero-order valence-corrected chi connectivity index (χ0v) is 9.95. The van der Waals surface area contributed by atoms with Crippen LogP contribution in [0.15, 0.2) is 12.4 Å². The summed E-state index contributed by atoms with van der Waals surface area (Å²) >= 11 is 0. The van der Waals surface area contributed by atoms with Crippen LogP contribution in [0, 0.1) is 5.92 Å². The first kappa shape index (κ1) is 10.7. The van der Waals surface area contributed by atoms with Crippen LogP contribution in [0.4, 0.5) is 0 Å². The normalized spacial score (nSPS) is 18.6. The van der Waals surface area contributed by atoms with E-state index in [9.17, 15) is 0 Å². The third-order valence-electron chi connectivity index (χ3n) is 3.25. The van der Waals surface area contributed by atoms with Crippen molar-refractivity contribution in [2.45, 2.75) is 58.4 Å². The molecule has 0 N–H and O–H groups in total. The van der Waals surface area contributed by atoms with Crippen molar-refractivity contribution >= 4 is 0 Å². The van der Waals surface area contributed by atoms with Gasteiger partial charge in [-0.05, 0) is 30.7 Å². The van der Waals surface area contributed by atoms with E-state index in [4.69, 9.17) is 0 Å². The predicted octanol–water partition coefficient (Wildman–Crippen LogP) is 3.59. The van der Waals surface area contributed by atoms with Gasteiger partial charge in [0.2, 0.25) is 0 Å². The van der Waals surface area contributed by atoms with Crippen molar-refractivity contribution in [1.82, 2.24) is 9.78 Å². The zero-order chi connectivity index (χ0) is 10.7. The molecule has 1 aliphatic carbocycles. The molecular weight excluding hydrogens is 184 g/mol. The highest BCUT2D eigenvalue weighted by Gasteiger charge is 2.15. The van der Waals surface area contributed by atoms with E-state index in [1.54, 1.807) is 0 Å². The van der Waals surface area contributed by atoms with E-state index in [1.165, 1.54) is 37.7 Å². The first-order valence-electron chi connectivity index (χ1n) is 6.28. The molecule has 0 unspecified atom stereocenters. The van der Waals surface area contributed by atoms with E-state index in [0.717, 1.165) is 12.3 Å². The van der Waals surface area contributed by atoms with Gasteiger partial charge in [0.05, 0.1) is 12.2 Å². The molecular formula is C13H22N2. The minimum atomic E-state index is 0.680. The highest BCUT2D eigenvalue weighted by molar-refractivity contribution is 5.05. The Balaban J connectivity index is 1.99. The van der Waals surface area contributed by atoms with Crippen LogP contribution >= 0.6 is 0 Å². The molecule has 1 heterocycles. The minimum absolute atomic E-state index is 0.680. The van der Waals surface area contributed by atoms with E-state index in [1.807, 2.05) is 0 Å². The molecule has 1 aromatic rings. The Kier molecular flexibility index (Phi) is 3.45. The lowest BCUT2D eigenvalue weighted by atomic mass is 9.96. The van der Waals surface area contributed by atoms with Crippen molar-refractivity contribution in [2.75, 3.05) is 0 Å². The third-order valence-corrected chi connectivity index (χ3v) is 3.25. The van der Waals surface area contributed by atoms with Gasteiger partial charge < -0.3 is 0 Å². The van der Waals surface area contributed by atoms with Crippen LogP contribution in [0.3, 0.4) is 0 Å². The van der Waals surface area contributed by atoms with E-state index in [-0.39, 0.29) is 0 Å². The maximum Gasteiger partial charge on any atom is 0.0521 e.